The molecule has 9 heteroatoms. The predicted molar refractivity (Wildman–Crippen MR) is 190 cm³/mol. The lowest BCUT2D eigenvalue weighted by atomic mass is 9.82. The highest BCUT2D eigenvalue weighted by Crippen LogP contribution is 2.34. The SMILES string of the molecule is C=C(SCCC(N)(c1ccccc1)c1ccccc1)N1CCN(SCOc2ccc3c(c2)N=CC2CCCN2C3=O)CC1.CC. The van der Waals surface area contributed by atoms with Crippen molar-refractivity contribution in [2.45, 2.75) is 44.7 Å². The number of carbonyl (C=O) groups excluding carboxylic acids is 1. The van der Waals surface area contributed by atoms with E-state index in [2.05, 4.69) is 69.3 Å². The summed E-state index contributed by atoms with van der Waals surface area (Å²) in [5, 5.41) is 1.10. The highest BCUT2D eigenvalue weighted by molar-refractivity contribution is 8.02. The van der Waals surface area contributed by atoms with E-state index in [1.54, 1.807) is 23.7 Å². The molecule has 2 fully saturated rings. The van der Waals surface area contributed by atoms with Crippen molar-refractivity contribution >= 4 is 41.5 Å². The predicted octanol–water partition coefficient (Wildman–Crippen LogP) is 7.13. The zero-order valence-corrected chi connectivity index (χ0v) is 28.1. The topological polar surface area (TPSA) is 74.4 Å². The highest BCUT2D eigenvalue weighted by atomic mass is 32.2. The van der Waals surface area contributed by atoms with Gasteiger partial charge in [0.15, 0.2) is 0 Å². The van der Waals surface area contributed by atoms with E-state index in [0.717, 1.165) is 79.6 Å². The van der Waals surface area contributed by atoms with Gasteiger partial charge in [0.25, 0.3) is 5.91 Å². The van der Waals surface area contributed by atoms with Crippen LogP contribution in [0.5, 0.6) is 5.75 Å². The van der Waals surface area contributed by atoms with Gasteiger partial charge in [-0.1, -0.05) is 81.1 Å². The number of aliphatic imine (C=N–C) groups is 1. The number of amides is 1. The molecule has 238 valence electrons. The molecule has 3 aliphatic rings. The molecule has 2 N–H and O–H groups in total. The second-order valence-corrected chi connectivity index (χ2v) is 13.3. The molecule has 0 aromatic heterocycles. The van der Waals surface area contributed by atoms with Gasteiger partial charge in [0, 0.05) is 50.8 Å². The molecule has 3 aromatic rings. The summed E-state index contributed by atoms with van der Waals surface area (Å²) in [6, 6.07) is 26.5. The number of piperazine rings is 1. The van der Waals surface area contributed by atoms with E-state index < -0.39 is 5.54 Å². The molecule has 0 aliphatic carbocycles. The van der Waals surface area contributed by atoms with Crippen LogP contribution in [0.1, 0.15) is 54.6 Å². The summed E-state index contributed by atoms with van der Waals surface area (Å²) in [4.78, 5) is 21.8. The molecule has 0 bridgehead atoms. The van der Waals surface area contributed by atoms with Crippen LogP contribution in [0.2, 0.25) is 0 Å². The Balaban J connectivity index is 0.00000196. The fourth-order valence-corrected chi connectivity index (χ4v) is 7.78. The molecule has 2 saturated heterocycles. The summed E-state index contributed by atoms with van der Waals surface area (Å²) in [5.41, 5.74) is 10.2. The summed E-state index contributed by atoms with van der Waals surface area (Å²) in [5.74, 6) is 2.21. The van der Waals surface area contributed by atoms with Crippen molar-refractivity contribution in [3.63, 3.8) is 0 Å². The van der Waals surface area contributed by atoms with Crippen molar-refractivity contribution < 1.29 is 9.53 Å². The molecule has 1 amide bonds. The molecule has 1 unspecified atom stereocenters. The number of fused-ring (bicyclic) bond motifs is 2. The standard InChI is InChI=1S/C34H39N5O2S2.C2H6/c1-26(42-22-16-34(35,27-9-4-2-5-10-27)28-11-6-3-7-12-28)37-18-20-38(21-19-37)43-25-41-30-14-15-31-32(23-30)36-24-29-13-8-17-39(29)33(31)40;1-2/h2-7,9-12,14-15,23-24,29H,1,8,13,16-22,25,35H2;1-2H3. The lowest BCUT2D eigenvalue weighted by Crippen LogP contribution is -2.42. The largest absolute Gasteiger partial charge is 0.482 e. The molecule has 1 atom stereocenters. The Morgan fingerprint density at radius 1 is 0.978 bits per heavy atom. The van der Waals surface area contributed by atoms with Crippen molar-refractivity contribution in [1.29, 1.82) is 0 Å². The number of thioether (sulfide) groups is 1. The van der Waals surface area contributed by atoms with Crippen LogP contribution in [0.15, 0.2) is 95.5 Å². The summed E-state index contributed by atoms with van der Waals surface area (Å²) in [7, 11) is 0. The van der Waals surface area contributed by atoms with Crippen LogP contribution < -0.4 is 10.5 Å². The third kappa shape index (κ3) is 7.95. The highest BCUT2D eigenvalue weighted by Gasteiger charge is 2.32. The van der Waals surface area contributed by atoms with Crippen molar-refractivity contribution in [2.75, 3.05) is 44.4 Å². The van der Waals surface area contributed by atoms with Gasteiger partial charge in [-0.25, -0.2) is 4.31 Å². The Bertz CT molecular complexity index is 1400. The molecule has 3 aliphatic heterocycles. The third-order valence-corrected chi connectivity index (χ3v) is 10.5. The number of ether oxygens (including phenoxy) is 1. The Hall–Kier alpha value is -3.24. The normalized spacial score (nSPS) is 18.0. The zero-order valence-electron chi connectivity index (χ0n) is 26.4. The lowest BCUT2D eigenvalue weighted by Gasteiger charge is -2.36. The Kier molecular flexibility index (Phi) is 11.7. The van der Waals surface area contributed by atoms with E-state index in [1.165, 1.54) is 0 Å². The molecule has 0 spiro atoms. The third-order valence-electron chi connectivity index (χ3n) is 8.54. The number of benzene rings is 3. The molecule has 7 nitrogen and oxygen atoms in total. The van der Waals surface area contributed by atoms with Crippen LogP contribution in [0.25, 0.3) is 0 Å². The van der Waals surface area contributed by atoms with Gasteiger partial charge >= 0.3 is 0 Å². The van der Waals surface area contributed by atoms with Gasteiger partial charge < -0.3 is 20.3 Å². The number of hydrogen-bond donors (Lipinski definition) is 1. The van der Waals surface area contributed by atoms with Crippen molar-refractivity contribution in [2.24, 2.45) is 10.7 Å². The van der Waals surface area contributed by atoms with Gasteiger partial charge in [-0.05, 0) is 54.5 Å². The average Bonchev–Trinajstić information content (AvgIpc) is 3.53. The quantitative estimate of drug-likeness (QED) is 0.176. The van der Waals surface area contributed by atoms with Gasteiger partial charge in [-0.2, -0.15) is 0 Å². The molecule has 3 heterocycles. The first-order valence-electron chi connectivity index (χ1n) is 16.0. The number of nitrogens with two attached hydrogens (primary N) is 1. The molecular weight excluding hydrogens is 599 g/mol. The van der Waals surface area contributed by atoms with Crippen molar-refractivity contribution in [3.05, 3.63) is 107 Å². The molecular formula is C36H45N5O2S2. The maximum absolute atomic E-state index is 12.9. The average molecular weight is 644 g/mol. The Morgan fingerprint density at radius 3 is 2.31 bits per heavy atom. The molecule has 0 radical (unpaired) electrons. The fraction of sp³-hybridized carbons (Fsp3) is 0.389. The minimum absolute atomic E-state index is 0.0725. The lowest BCUT2D eigenvalue weighted by molar-refractivity contribution is 0.0775. The van der Waals surface area contributed by atoms with Crippen LogP contribution in [0, 0.1) is 0 Å². The van der Waals surface area contributed by atoms with Gasteiger partial charge in [0.2, 0.25) is 0 Å². The first-order valence-corrected chi connectivity index (χ1v) is 17.9. The van der Waals surface area contributed by atoms with Crippen LogP contribution >= 0.6 is 23.7 Å². The van der Waals surface area contributed by atoms with Crippen LogP contribution in [0.3, 0.4) is 0 Å². The van der Waals surface area contributed by atoms with Crippen molar-refractivity contribution in [1.82, 2.24) is 14.1 Å². The van der Waals surface area contributed by atoms with E-state index in [0.29, 0.717) is 17.2 Å². The van der Waals surface area contributed by atoms with Gasteiger partial charge in [0.1, 0.15) is 11.7 Å². The minimum Gasteiger partial charge on any atom is -0.482 e. The van der Waals surface area contributed by atoms with E-state index >= 15 is 0 Å². The smallest absolute Gasteiger partial charge is 0.256 e. The van der Waals surface area contributed by atoms with E-state index in [1.807, 2.05) is 55.3 Å². The van der Waals surface area contributed by atoms with Gasteiger partial charge in [-0.15, -0.1) is 11.8 Å². The van der Waals surface area contributed by atoms with Gasteiger partial charge in [-0.3, -0.25) is 9.79 Å². The second-order valence-electron chi connectivity index (χ2n) is 11.2. The van der Waals surface area contributed by atoms with Crippen LogP contribution in [-0.2, 0) is 5.54 Å². The van der Waals surface area contributed by atoms with Crippen LogP contribution in [-0.4, -0.2) is 76.7 Å². The van der Waals surface area contributed by atoms with E-state index in [4.69, 9.17) is 10.5 Å². The number of rotatable bonds is 11. The van der Waals surface area contributed by atoms with Gasteiger partial charge in [0.05, 0.1) is 27.9 Å². The number of carbonyl (C=O) groups is 1. The number of nitrogens with zero attached hydrogens (tertiary/aromatic N) is 4. The molecule has 45 heavy (non-hydrogen) atoms. The van der Waals surface area contributed by atoms with E-state index in [9.17, 15) is 4.79 Å². The van der Waals surface area contributed by atoms with E-state index in [-0.39, 0.29) is 11.9 Å². The second kappa shape index (κ2) is 15.9. The summed E-state index contributed by atoms with van der Waals surface area (Å²) in [6.07, 6.45) is 4.76. The fourth-order valence-electron chi connectivity index (χ4n) is 5.99. The zero-order chi connectivity index (χ0) is 31.6. The Morgan fingerprint density at radius 2 is 1.64 bits per heavy atom. The molecule has 3 aromatic carbocycles. The molecule has 0 saturated carbocycles. The minimum atomic E-state index is -0.540. The summed E-state index contributed by atoms with van der Waals surface area (Å²) < 4.78 is 8.40. The monoisotopic (exact) mass is 643 g/mol. The Labute approximate surface area is 277 Å². The maximum atomic E-state index is 12.9. The van der Waals surface area contributed by atoms with Crippen molar-refractivity contribution in [3.8, 4) is 5.75 Å². The first kappa shape index (κ1) is 33.1. The molecule has 6 rings (SSSR count). The summed E-state index contributed by atoms with van der Waals surface area (Å²) in [6.45, 7) is 12.9. The maximum Gasteiger partial charge on any atom is 0.256 e. The summed E-state index contributed by atoms with van der Waals surface area (Å²) >= 11 is 3.49. The first-order chi connectivity index (χ1) is 22.0. The number of hydrogen-bond acceptors (Lipinski definition) is 8. The van der Waals surface area contributed by atoms with Crippen LogP contribution in [0.4, 0.5) is 5.69 Å².